The number of piperazine rings is 1. The van der Waals surface area contributed by atoms with Gasteiger partial charge in [-0.2, -0.15) is 0 Å². The molecule has 1 fully saturated rings. The zero-order valence-corrected chi connectivity index (χ0v) is 11.6. The molecule has 2 aromatic carbocycles. The quantitative estimate of drug-likeness (QED) is 0.913. The van der Waals surface area contributed by atoms with E-state index in [-0.39, 0.29) is 11.7 Å². The molecule has 3 rings (SSSR count). The summed E-state index contributed by atoms with van der Waals surface area (Å²) in [4.78, 5) is 15.3. The fraction of sp³-hybridized carbons (Fsp3) is 0.312. The molecule has 2 aromatic rings. The molecule has 1 amide bonds. The number of hydrogen-bond donors (Lipinski definition) is 1. The van der Waals surface area contributed by atoms with Gasteiger partial charge in [-0.1, -0.05) is 12.1 Å². The first kappa shape index (κ1) is 13.8. The Hall–Kier alpha value is -2.14. The average molecular weight is 288 g/mol. The van der Waals surface area contributed by atoms with Crippen LogP contribution in [0.3, 0.4) is 0 Å². The highest BCUT2D eigenvalue weighted by Crippen LogP contribution is 2.23. The monoisotopic (exact) mass is 288 g/mol. The summed E-state index contributed by atoms with van der Waals surface area (Å²) in [6.45, 7) is 2.26. The first-order valence-corrected chi connectivity index (χ1v) is 7.00. The van der Waals surface area contributed by atoms with Gasteiger partial charge in [-0.15, -0.1) is 0 Å². The minimum absolute atomic E-state index is 0.219. The van der Waals surface area contributed by atoms with Crippen molar-refractivity contribution in [2.75, 3.05) is 37.7 Å². The Bertz CT molecular complexity index is 666. The number of benzene rings is 2. The number of fused-ring (bicyclic) bond motifs is 1. The second-order valence-electron chi connectivity index (χ2n) is 5.20. The molecule has 1 aliphatic rings. The smallest absolute Gasteiger partial charge is 0.248 e. The van der Waals surface area contributed by atoms with Gasteiger partial charge in [0.25, 0.3) is 0 Å². The Balaban J connectivity index is 1.76. The number of rotatable bonds is 2. The summed E-state index contributed by atoms with van der Waals surface area (Å²) in [5, 5.41) is 10.8. The van der Waals surface area contributed by atoms with Crippen molar-refractivity contribution in [3.05, 3.63) is 42.2 Å². The Morgan fingerprint density at radius 1 is 1.05 bits per heavy atom. The lowest BCUT2D eigenvalue weighted by Crippen LogP contribution is -2.49. The Kier molecular flexibility index (Phi) is 3.75. The van der Waals surface area contributed by atoms with Crippen molar-refractivity contribution in [1.82, 2.24) is 4.90 Å². The minimum Gasteiger partial charge on any atom is -0.387 e. The number of carbonyl (C=O) groups is 1. The maximum atomic E-state index is 13.2. The molecular formula is C16H17FN2O2. The summed E-state index contributed by atoms with van der Waals surface area (Å²) >= 11 is 0. The van der Waals surface area contributed by atoms with Gasteiger partial charge >= 0.3 is 0 Å². The van der Waals surface area contributed by atoms with Gasteiger partial charge in [0.2, 0.25) is 5.91 Å². The molecule has 21 heavy (non-hydrogen) atoms. The predicted octanol–water partition coefficient (Wildman–Crippen LogP) is 1.62. The predicted molar refractivity (Wildman–Crippen MR) is 79.8 cm³/mol. The van der Waals surface area contributed by atoms with Crippen molar-refractivity contribution in [3.63, 3.8) is 0 Å². The van der Waals surface area contributed by atoms with Crippen molar-refractivity contribution in [2.45, 2.75) is 0 Å². The highest BCUT2D eigenvalue weighted by Gasteiger charge is 2.20. The van der Waals surface area contributed by atoms with E-state index >= 15 is 0 Å². The van der Waals surface area contributed by atoms with Crippen LogP contribution in [-0.4, -0.2) is 48.7 Å². The molecule has 1 heterocycles. The van der Waals surface area contributed by atoms with Gasteiger partial charge in [-0.25, -0.2) is 4.39 Å². The lowest BCUT2D eigenvalue weighted by Gasteiger charge is -2.36. The molecule has 110 valence electrons. The number of halogens is 1. The molecule has 0 radical (unpaired) electrons. The van der Waals surface area contributed by atoms with E-state index in [1.165, 1.54) is 12.1 Å². The molecule has 0 unspecified atom stereocenters. The fourth-order valence-corrected chi connectivity index (χ4v) is 2.71. The van der Waals surface area contributed by atoms with E-state index in [1.54, 1.807) is 11.0 Å². The lowest BCUT2D eigenvalue weighted by atomic mass is 10.1. The third kappa shape index (κ3) is 2.83. The molecule has 0 aliphatic carbocycles. The molecule has 0 aromatic heterocycles. The maximum absolute atomic E-state index is 13.2. The van der Waals surface area contributed by atoms with Crippen molar-refractivity contribution in [3.8, 4) is 0 Å². The van der Waals surface area contributed by atoms with Crippen LogP contribution in [0.4, 0.5) is 10.1 Å². The summed E-state index contributed by atoms with van der Waals surface area (Å²) in [6.07, 6.45) is 0. The van der Waals surface area contributed by atoms with Crippen LogP contribution in [0.2, 0.25) is 0 Å². The average Bonchev–Trinajstić information content (AvgIpc) is 2.53. The van der Waals surface area contributed by atoms with Crippen LogP contribution in [0.25, 0.3) is 10.8 Å². The normalized spacial score (nSPS) is 15.5. The number of amides is 1. The van der Waals surface area contributed by atoms with E-state index in [2.05, 4.69) is 4.90 Å². The third-order valence-electron chi connectivity index (χ3n) is 3.92. The van der Waals surface area contributed by atoms with Crippen LogP contribution in [-0.2, 0) is 4.79 Å². The van der Waals surface area contributed by atoms with Crippen LogP contribution in [0.15, 0.2) is 36.4 Å². The Morgan fingerprint density at radius 2 is 1.71 bits per heavy atom. The Labute approximate surface area is 122 Å². The highest BCUT2D eigenvalue weighted by molar-refractivity contribution is 5.86. The summed E-state index contributed by atoms with van der Waals surface area (Å²) in [6, 6.07) is 10.7. The second kappa shape index (κ2) is 5.69. The largest absolute Gasteiger partial charge is 0.387 e. The SMILES string of the molecule is O=C(CO)N1CCN(c2ccc3cc(F)ccc3c2)CC1. The summed E-state index contributed by atoms with van der Waals surface area (Å²) in [7, 11) is 0. The molecule has 0 saturated carbocycles. The van der Waals surface area contributed by atoms with Gasteiger partial charge < -0.3 is 14.9 Å². The minimum atomic E-state index is -0.429. The third-order valence-corrected chi connectivity index (χ3v) is 3.92. The van der Waals surface area contributed by atoms with Gasteiger partial charge in [0, 0.05) is 31.9 Å². The van der Waals surface area contributed by atoms with E-state index in [4.69, 9.17) is 5.11 Å². The molecule has 0 spiro atoms. The van der Waals surface area contributed by atoms with E-state index in [9.17, 15) is 9.18 Å². The molecule has 1 N–H and O–H groups in total. The van der Waals surface area contributed by atoms with Gasteiger partial charge in [0.05, 0.1) is 0 Å². The maximum Gasteiger partial charge on any atom is 0.248 e. The topological polar surface area (TPSA) is 43.8 Å². The zero-order valence-electron chi connectivity index (χ0n) is 11.6. The molecule has 4 nitrogen and oxygen atoms in total. The van der Waals surface area contributed by atoms with E-state index in [1.807, 2.05) is 18.2 Å². The van der Waals surface area contributed by atoms with Crippen LogP contribution >= 0.6 is 0 Å². The summed E-state index contributed by atoms with van der Waals surface area (Å²) < 4.78 is 13.2. The highest BCUT2D eigenvalue weighted by atomic mass is 19.1. The first-order valence-electron chi connectivity index (χ1n) is 7.00. The van der Waals surface area contributed by atoms with Gasteiger partial charge in [0.15, 0.2) is 0 Å². The molecule has 1 aliphatic heterocycles. The molecular weight excluding hydrogens is 271 g/mol. The molecule has 0 atom stereocenters. The van der Waals surface area contributed by atoms with Crippen molar-refractivity contribution in [1.29, 1.82) is 0 Å². The number of aliphatic hydroxyl groups is 1. The lowest BCUT2D eigenvalue weighted by molar-refractivity contribution is -0.134. The summed E-state index contributed by atoms with van der Waals surface area (Å²) in [5.41, 5.74) is 1.07. The first-order chi connectivity index (χ1) is 10.2. The van der Waals surface area contributed by atoms with Crippen molar-refractivity contribution >= 4 is 22.4 Å². The van der Waals surface area contributed by atoms with Gasteiger partial charge in [0.1, 0.15) is 12.4 Å². The molecule has 5 heteroatoms. The molecule has 0 bridgehead atoms. The van der Waals surface area contributed by atoms with E-state index < -0.39 is 6.61 Å². The Morgan fingerprint density at radius 3 is 2.43 bits per heavy atom. The number of carbonyl (C=O) groups excluding carboxylic acids is 1. The van der Waals surface area contributed by atoms with Crippen LogP contribution in [0.5, 0.6) is 0 Å². The molecule has 1 saturated heterocycles. The fourth-order valence-electron chi connectivity index (χ4n) is 2.71. The van der Waals surface area contributed by atoms with Crippen LogP contribution < -0.4 is 4.90 Å². The van der Waals surface area contributed by atoms with Crippen LogP contribution in [0.1, 0.15) is 0 Å². The van der Waals surface area contributed by atoms with Crippen molar-refractivity contribution < 1.29 is 14.3 Å². The van der Waals surface area contributed by atoms with Crippen molar-refractivity contribution in [2.24, 2.45) is 0 Å². The summed E-state index contributed by atoms with van der Waals surface area (Å²) in [5.74, 6) is -0.449. The zero-order chi connectivity index (χ0) is 14.8. The number of nitrogens with zero attached hydrogens (tertiary/aromatic N) is 2. The van der Waals surface area contributed by atoms with Gasteiger partial charge in [-0.05, 0) is 35.0 Å². The van der Waals surface area contributed by atoms with E-state index in [0.29, 0.717) is 13.1 Å². The number of hydrogen-bond acceptors (Lipinski definition) is 3. The van der Waals surface area contributed by atoms with E-state index in [0.717, 1.165) is 29.5 Å². The second-order valence-corrected chi connectivity index (χ2v) is 5.20. The number of anilines is 1. The standard InChI is InChI=1S/C16H17FN2O2/c17-14-3-1-13-10-15(4-2-12(13)9-14)18-5-7-19(8-6-18)16(21)11-20/h1-4,9-10,20H,5-8,11H2. The number of aliphatic hydroxyl groups excluding tert-OH is 1. The van der Waals surface area contributed by atoms with Gasteiger partial charge in [-0.3, -0.25) is 4.79 Å². The van der Waals surface area contributed by atoms with Crippen LogP contribution in [0, 0.1) is 5.82 Å².